The number of alkyl halides is 1. The lowest BCUT2D eigenvalue weighted by atomic mass is 10.0. The average Bonchev–Trinajstić information content (AvgIpc) is 2.93. The van der Waals surface area contributed by atoms with Crippen molar-refractivity contribution in [3.8, 4) is 0 Å². The minimum atomic E-state index is 0.574. The topological polar surface area (TPSA) is 55.4 Å². The van der Waals surface area contributed by atoms with Crippen LogP contribution in [0, 0.1) is 0 Å². The van der Waals surface area contributed by atoms with Crippen molar-refractivity contribution in [2.75, 3.05) is 85.2 Å². The first kappa shape index (κ1) is 38.0. The van der Waals surface area contributed by atoms with Gasteiger partial charge in [0.2, 0.25) is 0 Å². The van der Waals surface area contributed by atoms with Crippen LogP contribution in [0.4, 0.5) is 0 Å². The molecule has 0 aromatic rings. The normalized spacial score (nSPS) is 11.5. The minimum absolute atomic E-state index is 0.574. The molecule has 0 N–H and O–H groups in total. The van der Waals surface area contributed by atoms with Gasteiger partial charge in [-0.25, -0.2) is 0 Å². The number of ether oxygens (including phenoxy) is 6. The van der Waals surface area contributed by atoms with E-state index in [4.69, 9.17) is 40.0 Å². The third-order valence-electron chi connectivity index (χ3n) is 6.42. The summed E-state index contributed by atoms with van der Waals surface area (Å²) in [6.45, 7) is 9.98. The van der Waals surface area contributed by atoms with Crippen molar-refractivity contribution in [3.05, 3.63) is 0 Å². The maximum Gasteiger partial charge on any atom is 0.0701 e. The van der Waals surface area contributed by atoms with Crippen molar-refractivity contribution < 1.29 is 28.4 Å². The van der Waals surface area contributed by atoms with Gasteiger partial charge in [-0.15, -0.1) is 11.6 Å². The first-order valence-corrected chi connectivity index (χ1v) is 16.5. The fraction of sp³-hybridized carbons (Fsp3) is 1.00. The van der Waals surface area contributed by atoms with E-state index in [1.54, 1.807) is 0 Å². The standard InChI is InChI=1S/C31H63ClO6/c1-2-3-4-5-6-7-8-9-10-11-12-14-17-20-33-22-24-35-26-28-37-30-31-38-29-27-36-25-23-34-21-18-15-13-16-19-32/h2-31H2,1H3. The van der Waals surface area contributed by atoms with Crippen molar-refractivity contribution in [1.82, 2.24) is 0 Å². The molecule has 0 radical (unpaired) electrons. The quantitative estimate of drug-likeness (QED) is 0.0572. The zero-order valence-corrected chi connectivity index (χ0v) is 25.8. The Labute approximate surface area is 241 Å². The first-order valence-electron chi connectivity index (χ1n) is 15.9. The molecule has 0 amide bonds. The lowest BCUT2D eigenvalue weighted by molar-refractivity contribution is -0.0169. The zero-order chi connectivity index (χ0) is 27.5. The Morgan fingerprint density at radius 2 is 0.526 bits per heavy atom. The Hall–Kier alpha value is 0.0500. The number of hydrogen-bond acceptors (Lipinski definition) is 6. The van der Waals surface area contributed by atoms with Crippen molar-refractivity contribution in [2.24, 2.45) is 0 Å². The van der Waals surface area contributed by atoms with Crippen molar-refractivity contribution in [2.45, 2.75) is 116 Å². The van der Waals surface area contributed by atoms with Crippen LogP contribution in [0.5, 0.6) is 0 Å². The second-order valence-corrected chi connectivity index (χ2v) is 10.4. The number of halogens is 1. The Bertz CT molecular complexity index is 367. The molecule has 38 heavy (non-hydrogen) atoms. The van der Waals surface area contributed by atoms with E-state index in [1.165, 1.54) is 89.9 Å². The third kappa shape index (κ3) is 36.0. The maximum absolute atomic E-state index is 5.66. The lowest BCUT2D eigenvalue weighted by Gasteiger charge is -2.08. The molecular formula is C31H63ClO6. The van der Waals surface area contributed by atoms with Crippen LogP contribution in [0.3, 0.4) is 0 Å². The van der Waals surface area contributed by atoms with Crippen LogP contribution in [-0.2, 0) is 28.4 Å². The van der Waals surface area contributed by atoms with Crippen LogP contribution in [0.15, 0.2) is 0 Å². The molecule has 0 saturated carbocycles. The smallest absolute Gasteiger partial charge is 0.0701 e. The molecule has 0 aliphatic rings. The second kappa shape index (κ2) is 37.0. The summed E-state index contributed by atoms with van der Waals surface area (Å²) in [4.78, 5) is 0. The van der Waals surface area contributed by atoms with Crippen LogP contribution in [0.2, 0.25) is 0 Å². The van der Waals surface area contributed by atoms with E-state index in [1.807, 2.05) is 0 Å². The van der Waals surface area contributed by atoms with Gasteiger partial charge in [0.1, 0.15) is 0 Å². The molecule has 0 aliphatic heterocycles. The predicted molar refractivity (Wildman–Crippen MR) is 160 cm³/mol. The highest BCUT2D eigenvalue weighted by atomic mass is 35.5. The van der Waals surface area contributed by atoms with Gasteiger partial charge >= 0.3 is 0 Å². The molecule has 0 atom stereocenters. The predicted octanol–water partition coefficient (Wildman–Crippen LogP) is 7.98. The lowest BCUT2D eigenvalue weighted by Crippen LogP contribution is -2.14. The first-order chi connectivity index (χ1) is 18.9. The van der Waals surface area contributed by atoms with Gasteiger partial charge in [0.05, 0.1) is 66.1 Å². The largest absolute Gasteiger partial charge is 0.379 e. The van der Waals surface area contributed by atoms with Crippen LogP contribution < -0.4 is 0 Å². The Morgan fingerprint density at radius 1 is 0.289 bits per heavy atom. The molecule has 7 heteroatoms. The summed E-state index contributed by atoms with van der Waals surface area (Å²) in [6, 6.07) is 0. The van der Waals surface area contributed by atoms with Crippen LogP contribution >= 0.6 is 11.6 Å². The summed E-state index contributed by atoms with van der Waals surface area (Å²) in [5, 5.41) is 0. The molecule has 0 spiro atoms. The average molecular weight is 567 g/mol. The summed E-state index contributed by atoms with van der Waals surface area (Å²) < 4.78 is 33.2. The molecule has 0 unspecified atom stereocenters. The van der Waals surface area contributed by atoms with Crippen LogP contribution in [0.25, 0.3) is 0 Å². The SMILES string of the molecule is CCCCCCCCCCCCCCCOCCOCCOCCOCCOCCOCCCCCCCl. The van der Waals surface area contributed by atoms with Gasteiger partial charge in [-0.2, -0.15) is 0 Å². The Kier molecular flexibility index (Phi) is 37.1. The fourth-order valence-electron chi connectivity index (χ4n) is 4.08. The van der Waals surface area contributed by atoms with Gasteiger partial charge in [-0.3, -0.25) is 0 Å². The Morgan fingerprint density at radius 3 is 0.816 bits per heavy atom. The molecule has 0 aromatic heterocycles. The summed E-state index contributed by atoms with van der Waals surface area (Å²) in [6.07, 6.45) is 22.5. The van der Waals surface area contributed by atoms with Gasteiger partial charge < -0.3 is 28.4 Å². The van der Waals surface area contributed by atoms with Crippen molar-refractivity contribution in [1.29, 1.82) is 0 Å². The number of hydrogen-bond donors (Lipinski definition) is 0. The van der Waals surface area contributed by atoms with E-state index in [9.17, 15) is 0 Å². The number of rotatable bonds is 35. The zero-order valence-electron chi connectivity index (χ0n) is 25.0. The second-order valence-electron chi connectivity index (χ2n) is 10.0. The summed E-state index contributed by atoms with van der Waals surface area (Å²) in [7, 11) is 0. The van der Waals surface area contributed by atoms with Gasteiger partial charge in [0.25, 0.3) is 0 Å². The molecule has 0 heterocycles. The van der Waals surface area contributed by atoms with E-state index < -0.39 is 0 Å². The monoisotopic (exact) mass is 566 g/mol. The van der Waals surface area contributed by atoms with E-state index in [0.717, 1.165) is 38.4 Å². The molecule has 0 aliphatic carbocycles. The summed E-state index contributed by atoms with van der Waals surface area (Å²) in [5.41, 5.74) is 0. The molecule has 230 valence electrons. The molecule has 0 rings (SSSR count). The molecule has 6 nitrogen and oxygen atoms in total. The van der Waals surface area contributed by atoms with Crippen LogP contribution in [0.1, 0.15) is 116 Å². The highest BCUT2D eigenvalue weighted by Gasteiger charge is 1.96. The van der Waals surface area contributed by atoms with E-state index in [2.05, 4.69) is 6.92 Å². The molecular weight excluding hydrogens is 504 g/mol. The molecule has 0 saturated heterocycles. The van der Waals surface area contributed by atoms with Crippen molar-refractivity contribution in [3.63, 3.8) is 0 Å². The summed E-state index contributed by atoms with van der Waals surface area (Å²) in [5.74, 6) is 0.757. The van der Waals surface area contributed by atoms with Gasteiger partial charge in [-0.1, -0.05) is 96.8 Å². The third-order valence-corrected chi connectivity index (χ3v) is 6.69. The molecule has 0 aromatic carbocycles. The van der Waals surface area contributed by atoms with E-state index >= 15 is 0 Å². The number of unbranched alkanes of at least 4 members (excludes halogenated alkanes) is 15. The highest BCUT2D eigenvalue weighted by molar-refractivity contribution is 6.17. The van der Waals surface area contributed by atoms with E-state index in [-0.39, 0.29) is 0 Å². The minimum Gasteiger partial charge on any atom is -0.379 e. The molecule has 0 bridgehead atoms. The maximum atomic E-state index is 5.66. The van der Waals surface area contributed by atoms with Gasteiger partial charge in [0.15, 0.2) is 0 Å². The van der Waals surface area contributed by atoms with Gasteiger partial charge in [-0.05, 0) is 19.3 Å². The fourth-order valence-corrected chi connectivity index (χ4v) is 4.26. The van der Waals surface area contributed by atoms with Crippen molar-refractivity contribution >= 4 is 11.6 Å². The summed E-state index contributed by atoms with van der Waals surface area (Å²) >= 11 is 5.65. The highest BCUT2D eigenvalue weighted by Crippen LogP contribution is 2.12. The Balaban J connectivity index is 3.01. The van der Waals surface area contributed by atoms with E-state index in [0.29, 0.717) is 66.1 Å². The van der Waals surface area contributed by atoms with Gasteiger partial charge in [0, 0.05) is 19.1 Å². The van der Waals surface area contributed by atoms with Crippen LogP contribution in [-0.4, -0.2) is 85.2 Å². The molecule has 0 fully saturated rings.